The Labute approximate surface area is 181 Å². The fourth-order valence-electron chi connectivity index (χ4n) is 4.55. The van der Waals surface area contributed by atoms with Crippen molar-refractivity contribution in [1.29, 1.82) is 0 Å². The number of nitrogens with zero attached hydrogens (tertiary/aromatic N) is 2. The SMILES string of the molecule is CC1c2cc(-c3c[nH]c4cc(F)ccc34)ccc2S(O)(O)N1CCN1CCNCC1=O. The molecule has 2 aliphatic heterocycles. The van der Waals surface area contributed by atoms with Crippen LogP contribution in [0, 0.1) is 5.82 Å². The second-order valence-electron chi connectivity index (χ2n) is 8.04. The predicted octanol–water partition coefficient (Wildman–Crippen LogP) is 3.81. The molecule has 3 aromatic rings. The standard InChI is InChI=1S/C22H25FN4O3S/c1-14-18-10-15(19-12-25-20-11-16(23)3-4-17(19)20)2-5-21(18)31(29,30)27(14)9-8-26-7-6-24-13-22(26)28/h2-5,10-12,14,24-25,29-30H,6-9,13H2,1H3. The van der Waals surface area contributed by atoms with Gasteiger partial charge in [0.25, 0.3) is 0 Å². The van der Waals surface area contributed by atoms with E-state index >= 15 is 0 Å². The first kappa shape index (κ1) is 20.5. The molecule has 0 radical (unpaired) electrons. The highest BCUT2D eigenvalue weighted by Crippen LogP contribution is 2.63. The van der Waals surface area contributed by atoms with Crippen LogP contribution in [0.2, 0.25) is 0 Å². The van der Waals surface area contributed by atoms with Gasteiger partial charge >= 0.3 is 0 Å². The number of hydrogen-bond acceptors (Lipinski definition) is 5. The Balaban J connectivity index is 1.44. The average molecular weight is 445 g/mol. The fourth-order valence-corrected chi connectivity index (χ4v) is 6.49. The molecule has 2 aromatic carbocycles. The van der Waals surface area contributed by atoms with Gasteiger partial charge in [0, 0.05) is 48.8 Å². The lowest BCUT2D eigenvalue weighted by molar-refractivity contribution is -0.132. The number of aromatic amines is 1. The maximum absolute atomic E-state index is 13.5. The van der Waals surface area contributed by atoms with Crippen LogP contribution < -0.4 is 5.32 Å². The number of aromatic nitrogens is 1. The van der Waals surface area contributed by atoms with Gasteiger partial charge in [-0.15, -0.1) is 10.8 Å². The minimum absolute atomic E-state index is 0.0325. The van der Waals surface area contributed by atoms with E-state index in [4.69, 9.17) is 0 Å². The van der Waals surface area contributed by atoms with Crippen molar-refractivity contribution >= 4 is 27.6 Å². The summed E-state index contributed by atoms with van der Waals surface area (Å²) in [6, 6.07) is 10.1. The van der Waals surface area contributed by atoms with Crippen LogP contribution in [0.15, 0.2) is 47.5 Å². The molecule has 3 heterocycles. The van der Waals surface area contributed by atoms with Gasteiger partial charge in [-0.05, 0) is 48.4 Å². The summed E-state index contributed by atoms with van der Waals surface area (Å²) in [5.41, 5.74) is 3.44. The van der Waals surface area contributed by atoms with E-state index in [0.29, 0.717) is 31.1 Å². The van der Waals surface area contributed by atoms with Crippen molar-refractivity contribution in [3.8, 4) is 11.1 Å². The number of halogens is 1. The molecule has 0 bridgehead atoms. The van der Waals surface area contributed by atoms with Crippen LogP contribution in [0.3, 0.4) is 0 Å². The molecule has 0 spiro atoms. The topological polar surface area (TPSA) is 91.8 Å². The van der Waals surface area contributed by atoms with E-state index in [9.17, 15) is 18.3 Å². The second kappa shape index (κ2) is 7.61. The maximum Gasteiger partial charge on any atom is 0.236 e. The number of H-pyrrole nitrogens is 1. The zero-order valence-electron chi connectivity index (χ0n) is 17.1. The third kappa shape index (κ3) is 3.42. The van der Waals surface area contributed by atoms with Crippen molar-refractivity contribution in [2.45, 2.75) is 17.9 Å². The second-order valence-corrected chi connectivity index (χ2v) is 9.98. The molecule has 9 heteroatoms. The normalized spacial score (nSPS) is 22.1. The molecular formula is C22H25FN4O3S. The summed E-state index contributed by atoms with van der Waals surface area (Å²) in [7, 11) is -3.13. The van der Waals surface area contributed by atoms with E-state index < -0.39 is 10.8 Å². The van der Waals surface area contributed by atoms with E-state index in [1.807, 2.05) is 25.3 Å². The number of carbonyl (C=O) groups is 1. The zero-order chi connectivity index (χ0) is 21.8. The quantitative estimate of drug-likeness (QED) is 0.491. The van der Waals surface area contributed by atoms with E-state index in [1.165, 1.54) is 12.1 Å². The highest BCUT2D eigenvalue weighted by Gasteiger charge is 2.40. The molecule has 1 saturated heterocycles. The maximum atomic E-state index is 13.5. The van der Waals surface area contributed by atoms with Crippen molar-refractivity contribution in [2.24, 2.45) is 0 Å². The molecule has 1 amide bonds. The molecule has 1 atom stereocenters. The average Bonchev–Trinajstić information content (AvgIpc) is 3.24. The molecule has 31 heavy (non-hydrogen) atoms. The Morgan fingerprint density at radius 2 is 2.03 bits per heavy atom. The van der Waals surface area contributed by atoms with E-state index in [0.717, 1.165) is 34.1 Å². The summed E-state index contributed by atoms with van der Waals surface area (Å²) in [5.74, 6) is -0.263. The van der Waals surface area contributed by atoms with Crippen LogP contribution >= 0.6 is 10.8 Å². The summed E-state index contributed by atoms with van der Waals surface area (Å²) in [6.45, 7) is 4.48. The minimum Gasteiger partial charge on any atom is -0.360 e. The number of benzene rings is 2. The Morgan fingerprint density at radius 3 is 2.84 bits per heavy atom. The van der Waals surface area contributed by atoms with Crippen LogP contribution in [0.5, 0.6) is 0 Å². The Kier molecular flexibility index (Phi) is 5.03. The van der Waals surface area contributed by atoms with Gasteiger partial charge in [-0.25, -0.2) is 4.39 Å². The minimum atomic E-state index is -3.13. The van der Waals surface area contributed by atoms with Gasteiger partial charge in [0.05, 0.1) is 17.5 Å². The molecule has 1 aromatic heterocycles. The van der Waals surface area contributed by atoms with Crippen molar-refractivity contribution in [3.63, 3.8) is 0 Å². The van der Waals surface area contributed by atoms with Crippen LogP contribution in [0.1, 0.15) is 18.5 Å². The van der Waals surface area contributed by atoms with Gasteiger partial charge in [0.15, 0.2) is 0 Å². The lowest BCUT2D eigenvalue weighted by Crippen LogP contribution is -2.50. The fraction of sp³-hybridized carbons (Fsp3) is 0.318. The lowest BCUT2D eigenvalue weighted by Gasteiger charge is -2.40. The monoisotopic (exact) mass is 444 g/mol. The Morgan fingerprint density at radius 1 is 1.19 bits per heavy atom. The van der Waals surface area contributed by atoms with Gasteiger partial charge in [-0.2, -0.15) is 4.31 Å². The van der Waals surface area contributed by atoms with E-state index in [1.54, 1.807) is 21.3 Å². The van der Waals surface area contributed by atoms with Gasteiger partial charge in [0.2, 0.25) is 5.91 Å². The third-order valence-corrected chi connectivity index (χ3v) is 8.36. The van der Waals surface area contributed by atoms with Crippen molar-refractivity contribution in [1.82, 2.24) is 19.5 Å². The highest BCUT2D eigenvalue weighted by atomic mass is 32.3. The first-order chi connectivity index (χ1) is 14.9. The Bertz CT molecular complexity index is 1160. The summed E-state index contributed by atoms with van der Waals surface area (Å²) < 4.78 is 37.2. The number of nitrogens with one attached hydrogen (secondary N) is 2. The van der Waals surface area contributed by atoms with Gasteiger partial charge in [-0.3, -0.25) is 13.9 Å². The number of rotatable bonds is 4. The molecular weight excluding hydrogens is 419 g/mol. The number of hydrogen-bond donors (Lipinski definition) is 4. The summed E-state index contributed by atoms with van der Waals surface area (Å²) >= 11 is 0. The van der Waals surface area contributed by atoms with Crippen LogP contribution in [0.4, 0.5) is 4.39 Å². The smallest absolute Gasteiger partial charge is 0.236 e. The molecule has 0 aliphatic carbocycles. The van der Waals surface area contributed by atoms with Crippen LogP contribution in [0.25, 0.3) is 22.0 Å². The summed E-state index contributed by atoms with van der Waals surface area (Å²) in [6.07, 6.45) is 1.84. The first-order valence-electron chi connectivity index (χ1n) is 10.3. The van der Waals surface area contributed by atoms with Crippen LogP contribution in [-0.2, 0) is 4.79 Å². The predicted molar refractivity (Wildman–Crippen MR) is 119 cm³/mol. The molecule has 1 unspecified atom stereocenters. The summed E-state index contributed by atoms with van der Waals surface area (Å²) in [5, 5.41) is 3.96. The van der Waals surface area contributed by atoms with Gasteiger partial charge in [0.1, 0.15) is 5.82 Å². The zero-order valence-corrected chi connectivity index (χ0v) is 18.0. The highest BCUT2D eigenvalue weighted by molar-refractivity contribution is 8.22. The lowest BCUT2D eigenvalue weighted by atomic mass is 9.99. The van der Waals surface area contributed by atoms with E-state index in [2.05, 4.69) is 10.3 Å². The molecule has 164 valence electrons. The molecule has 5 rings (SSSR count). The van der Waals surface area contributed by atoms with Crippen molar-refractivity contribution in [2.75, 3.05) is 32.7 Å². The number of fused-ring (bicyclic) bond motifs is 2. The van der Waals surface area contributed by atoms with Gasteiger partial charge < -0.3 is 15.2 Å². The molecule has 7 nitrogen and oxygen atoms in total. The molecule has 1 fully saturated rings. The molecule has 2 aliphatic rings. The Hall–Kier alpha value is -2.43. The largest absolute Gasteiger partial charge is 0.360 e. The summed E-state index contributed by atoms with van der Waals surface area (Å²) in [4.78, 5) is 17.5. The number of amides is 1. The van der Waals surface area contributed by atoms with Crippen LogP contribution in [-0.4, -0.2) is 61.9 Å². The third-order valence-electron chi connectivity index (χ3n) is 6.25. The van der Waals surface area contributed by atoms with Crippen molar-refractivity contribution in [3.05, 3.63) is 54.0 Å². The first-order valence-corrected chi connectivity index (χ1v) is 11.8. The van der Waals surface area contributed by atoms with E-state index in [-0.39, 0.29) is 17.8 Å². The number of carbonyl (C=O) groups excluding carboxylic acids is 1. The van der Waals surface area contributed by atoms with Crippen molar-refractivity contribution < 1.29 is 18.3 Å². The molecule has 4 N–H and O–H groups in total. The molecule has 0 saturated carbocycles. The van der Waals surface area contributed by atoms with Gasteiger partial charge in [-0.1, -0.05) is 6.07 Å². The number of piperazine rings is 1.